The minimum absolute atomic E-state index is 0.209. The predicted molar refractivity (Wildman–Crippen MR) is 98.9 cm³/mol. The molecule has 28 heavy (non-hydrogen) atoms. The van der Waals surface area contributed by atoms with E-state index in [1.807, 2.05) is 0 Å². The smallest absolute Gasteiger partial charge is 0.344 e. The Morgan fingerprint density at radius 1 is 1.11 bits per heavy atom. The Kier molecular flexibility index (Phi) is 7.25. The van der Waals surface area contributed by atoms with Gasteiger partial charge in [-0.1, -0.05) is 6.07 Å². The van der Waals surface area contributed by atoms with Crippen LogP contribution in [0.4, 0.5) is 4.79 Å². The highest BCUT2D eigenvalue weighted by Gasteiger charge is 2.32. The number of nitrogens with one attached hydrogen (secondary N) is 2. The number of esters is 2. The zero-order valence-corrected chi connectivity index (χ0v) is 16.3. The number of allylic oxidation sites excluding steroid dienone is 1. The second kappa shape index (κ2) is 9.63. The van der Waals surface area contributed by atoms with Crippen molar-refractivity contribution < 1.29 is 33.3 Å². The van der Waals surface area contributed by atoms with Crippen LogP contribution in [-0.2, 0) is 19.1 Å². The van der Waals surface area contributed by atoms with Crippen molar-refractivity contribution in [3.8, 4) is 11.5 Å². The first-order valence-corrected chi connectivity index (χ1v) is 8.82. The molecule has 0 radical (unpaired) electrons. The highest BCUT2D eigenvalue weighted by molar-refractivity contribution is 5.95. The maximum atomic E-state index is 12.4. The fourth-order valence-corrected chi connectivity index (χ4v) is 2.75. The summed E-state index contributed by atoms with van der Waals surface area (Å²) in [5.74, 6) is -0.352. The number of urea groups is 1. The number of ether oxygens (including phenoxy) is 4. The third-order valence-corrected chi connectivity index (χ3v) is 3.94. The Hall–Kier alpha value is -3.23. The largest absolute Gasteiger partial charge is 0.493 e. The second-order valence-corrected chi connectivity index (χ2v) is 5.79. The first-order valence-electron chi connectivity index (χ1n) is 8.82. The normalized spacial score (nSPS) is 16.0. The molecule has 1 aromatic rings. The SMILES string of the molecule is CCOC(=O)COc1ccc([C@H]2NC(=O)NC(C)=C2C(=O)OCC)cc1OC. The van der Waals surface area contributed by atoms with E-state index in [0.29, 0.717) is 28.3 Å². The summed E-state index contributed by atoms with van der Waals surface area (Å²) >= 11 is 0. The van der Waals surface area contributed by atoms with E-state index in [-0.39, 0.29) is 19.8 Å². The molecule has 2 amide bonds. The summed E-state index contributed by atoms with van der Waals surface area (Å²) in [5.41, 5.74) is 1.30. The van der Waals surface area contributed by atoms with Crippen molar-refractivity contribution in [1.29, 1.82) is 0 Å². The van der Waals surface area contributed by atoms with Crippen molar-refractivity contribution in [2.45, 2.75) is 26.8 Å². The topological polar surface area (TPSA) is 112 Å². The third-order valence-electron chi connectivity index (χ3n) is 3.94. The van der Waals surface area contributed by atoms with Crippen molar-refractivity contribution in [3.63, 3.8) is 0 Å². The van der Waals surface area contributed by atoms with E-state index in [0.717, 1.165) is 0 Å². The zero-order chi connectivity index (χ0) is 20.7. The van der Waals surface area contributed by atoms with Gasteiger partial charge in [0.05, 0.1) is 31.9 Å². The minimum Gasteiger partial charge on any atom is -0.493 e. The number of amides is 2. The van der Waals surface area contributed by atoms with Crippen LogP contribution in [0.3, 0.4) is 0 Å². The molecule has 1 aliphatic heterocycles. The molecule has 0 fully saturated rings. The first kappa shape index (κ1) is 21.1. The number of rotatable bonds is 8. The van der Waals surface area contributed by atoms with Gasteiger partial charge < -0.3 is 29.6 Å². The van der Waals surface area contributed by atoms with E-state index in [2.05, 4.69) is 10.6 Å². The second-order valence-electron chi connectivity index (χ2n) is 5.79. The van der Waals surface area contributed by atoms with Gasteiger partial charge >= 0.3 is 18.0 Å². The molecule has 0 aromatic heterocycles. The molecule has 0 saturated heterocycles. The number of benzene rings is 1. The molecule has 9 nitrogen and oxygen atoms in total. The molecule has 9 heteroatoms. The monoisotopic (exact) mass is 392 g/mol. The number of hydrogen-bond acceptors (Lipinski definition) is 7. The molecule has 1 aromatic carbocycles. The van der Waals surface area contributed by atoms with Gasteiger partial charge in [-0.05, 0) is 38.5 Å². The quantitative estimate of drug-likeness (QED) is 0.649. The van der Waals surface area contributed by atoms with Crippen molar-refractivity contribution in [3.05, 3.63) is 35.0 Å². The third kappa shape index (κ3) is 4.93. The van der Waals surface area contributed by atoms with Gasteiger partial charge in [-0.3, -0.25) is 0 Å². The van der Waals surface area contributed by atoms with Gasteiger partial charge in [0.25, 0.3) is 0 Å². The van der Waals surface area contributed by atoms with Crippen LogP contribution in [-0.4, -0.2) is 44.9 Å². The van der Waals surface area contributed by atoms with Gasteiger partial charge in [0.15, 0.2) is 18.1 Å². The van der Waals surface area contributed by atoms with Crippen LogP contribution in [0.1, 0.15) is 32.4 Å². The van der Waals surface area contributed by atoms with Crippen molar-refractivity contribution in [2.24, 2.45) is 0 Å². The first-order chi connectivity index (χ1) is 13.4. The molecule has 0 saturated carbocycles. The lowest BCUT2D eigenvalue weighted by molar-refractivity contribution is -0.145. The summed E-state index contributed by atoms with van der Waals surface area (Å²) in [4.78, 5) is 35.8. The molecule has 0 bridgehead atoms. The Labute approximate surface area is 163 Å². The zero-order valence-electron chi connectivity index (χ0n) is 16.3. The summed E-state index contributed by atoms with van der Waals surface area (Å²) in [6, 6.07) is 3.74. The predicted octanol–water partition coefficient (Wildman–Crippen LogP) is 1.83. The minimum atomic E-state index is -0.721. The lowest BCUT2D eigenvalue weighted by Crippen LogP contribution is -2.45. The van der Waals surface area contributed by atoms with Crippen LogP contribution in [0.15, 0.2) is 29.5 Å². The number of carbonyl (C=O) groups is 3. The van der Waals surface area contributed by atoms with Crippen molar-refractivity contribution >= 4 is 18.0 Å². The van der Waals surface area contributed by atoms with Crippen LogP contribution < -0.4 is 20.1 Å². The fourth-order valence-electron chi connectivity index (χ4n) is 2.75. The van der Waals surface area contributed by atoms with Gasteiger partial charge in [0.1, 0.15) is 0 Å². The summed E-state index contributed by atoms with van der Waals surface area (Å²) < 4.78 is 20.7. The van der Waals surface area contributed by atoms with Crippen LogP contribution in [0, 0.1) is 0 Å². The molecular formula is C19H24N2O7. The van der Waals surface area contributed by atoms with Crippen LogP contribution in [0.2, 0.25) is 0 Å². The summed E-state index contributed by atoms with van der Waals surface area (Å²) in [6.45, 7) is 5.25. The van der Waals surface area contributed by atoms with Crippen LogP contribution in [0.25, 0.3) is 0 Å². The van der Waals surface area contributed by atoms with E-state index < -0.39 is 24.0 Å². The van der Waals surface area contributed by atoms with E-state index in [9.17, 15) is 14.4 Å². The fraction of sp³-hybridized carbons (Fsp3) is 0.421. The van der Waals surface area contributed by atoms with Gasteiger partial charge in [-0.2, -0.15) is 0 Å². The van der Waals surface area contributed by atoms with Gasteiger partial charge in [0, 0.05) is 5.70 Å². The van der Waals surface area contributed by atoms with Crippen molar-refractivity contribution in [2.75, 3.05) is 26.9 Å². The Morgan fingerprint density at radius 2 is 1.82 bits per heavy atom. The molecule has 1 heterocycles. The summed E-state index contributed by atoms with van der Waals surface area (Å²) in [6.07, 6.45) is 0. The average molecular weight is 392 g/mol. The lowest BCUT2D eigenvalue weighted by atomic mass is 9.95. The molecule has 1 aliphatic rings. The summed E-state index contributed by atoms with van der Waals surface area (Å²) in [5, 5.41) is 5.29. The molecule has 0 aliphatic carbocycles. The lowest BCUT2D eigenvalue weighted by Gasteiger charge is -2.28. The Morgan fingerprint density at radius 3 is 2.46 bits per heavy atom. The Balaban J connectivity index is 2.32. The Bertz CT molecular complexity index is 788. The van der Waals surface area contributed by atoms with Gasteiger partial charge in [-0.25, -0.2) is 14.4 Å². The van der Waals surface area contributed by atoms with Crippen LogP contribution >= 0.6 is 0 Å². The van der Waals surface area contributed by atoms with Crippen molar-refractivity contribution in [1.82, 2.24) is 10.6 Å². The highest BCUT2D eigenvalue weighted by Crippen LogP contribution is 2.34. The number of carbonyl (C=O) groups excluding carboxylic acids is 3. The highest BCUT2D eigenvalue weighted by atomic mass is 16.6. The molecule has 2 rings (SSSR count). The van der Waals surface area contributed by atoms with E-state index >= 15 is 0 Å². The number of hydrogen-bond donors (Lipinski definition) is 2. The molecule has 0 unspecified atom stereocenters. The van der Waals surface area contributed by atoms with Gasteiger partial charge in [-0.15, -0.1) is 0 Å². The summed E-state index contributed by atoms with van der Waals surface area (Å²) in [7, 11) is 1.45. The molecule has 0 spiro atoms. The molecule has 1 atom stereocenters. The molecular weight excluding hydrogens is 368 g/mol. The molecule has 152 valence electrons. The van der Waals surface area contributed by atoms with E-state index in [1.54, 1.807) is 39.0 Å². The average Bonchev–Trinajstić information content (AvgIpc) is 2.66. The standard InChI is InChI=1S/C19H24N2O7/c1-5-26-15(22)10-28-13-8-7-12(9-14(13)25-4)17-16(18(23)27-6-2)11(3)20-19(24)21-17/h7-9,17H,5-6,10H2,1-4H3,(H2,20,21,24)/t17-/m1/s1. The number of methoxy groups -OCH3 is 1. The maximum absolute atomic E-state index is 12.4. The molecule has 2 N–H and O–H groups in total. The van der Waals surface area contributed by atoms with E-state index in [1.165, 1.54) is 7.11 Å². The van der Waals surface area contributed by atoms with Crippen LogP contribution in [0.5, 0.6) is 11.5 Å². The van der Waals surface area contributed by atoms with E-state index in [4.69, 9.17) is 18.9 Å². The maximum Gasteiger partial charge on any atom is 0.344 e. The van der Waals surface area contributed by atoms with Gasteiger partial charge in [0.2, 0.25) is 0 Å².